The van der Waals surface area contributed by atoms with Gasteiger partial charge in [0, 0.05) is 25.7 Å². The maximum atomic E-state index is 14.0. The summed E-state index contributed by atoms with van der Waals surface area (Å²) in [5, 5.41) is 10.6. The highest BCUT2D eigenvalue weighted by Gasteiger charge is 2.33. The number of nitrogens with zero attached hydrogens (tertiary/aromatic N) is 3. The predicted molar refractivity (Wildman–Crippen MR) is 111 cm³/mol. The number of rotatable bonds is 5. The van der Waals surface area contributed by atoms with E-state index in [9.17, 15) is 17.6 Å². The van der Waals surface area contributed by atoms with Gasteiger partial charge in [-0.2, -0.15) is 4.31 Å². The SMILES string of the molecule is CC(=O)Nc1ccc(S(=O)(=O)N2CCCC(c3nnc(-c4ccccc4F)o3)C2)cc1. The summed E-state index contributed by atoms with van der Waals surface area (Å²) >= 11 is 0. The van der Waals surface area contributed by atoms with Crippen molar-refractivity contribution in [3.63, 3.8) is 0 Å². The molecule has 1 saturated heterocycles. The van der Waals surface area contributed by atoms with Gasteiger partial charge >= 0.3 is 0 Å². The molecule has 162 valence electrons. The van der Waals surface area contributed by atoms with Gasteiger partial charge in [-0.15, -0.1) is 10.2 Å². The molecule has 31 heavy (non-hydrogen) atoms. The van der Waals surface area contributed by atoms with Crippen LogP contribution in [0, 0.1) is 5.82 Å². The zero-order valence-electron chi connectivity index (χ0n) is 16.8. The van der Waals surface area contributed by atoms with Crippen molar-refractivity contribution < 1.29 is 22.0 Å². The third kappa shape index (κ3) is 4.49. The Labute approximate surface area is 179 Å². The highest BCUT2D eigenvalue weighted by atomic mass is 32.2. The van der Waals surface area contributed by atoms with Gasteiger partial charge in [0.15, 0.2) is 0 Å². The second-order valence-corrected chi connectivity index (χ2v) is 9.27. The molecule has 1 aliphatic heterocycles. The Hall–Kier alpha value is -3.11. The van der Waals surface area contributed by atoms with Gasteiger partial charge in [-0.05, 0) is 49.2 Å². The lowest BCUT2D eigenvalue weighted by Gasteiger charge is -2.30. The van der Waals surface area contributed by atoms with Gasteiger partial charge in [-0.25, -0.2) is 12.8 Å². The Morgan fingerprint density at radius 1 is 1.16 bits per heavy atom. The first-order valence-electron chi connectivity index (χ1n) is 9.80. The summed E-state index contributed by atoms with van der Waals surface area (Å²) in [6.07, 6.45) is 1.32. The largest absolute Gasteiger partial charge is 0.420 e. The minimum Gasteiger partial charge on any atom is -0.420 e. The van der Waals surface area contributed by atoms with Crippen LogP contribution in [0.1, 0.15) is 31.6 Å². The monoisotopic (exact) mass is 444 g/mol. The number of halogens is 1. The molecule has 3 aromatic rings. The van der Waals surface area contributed by atoms with E-state index in [1.54, 1.807) is 30.3 Å². The van der Waals surface area contributed by atoms with Crippen LogP contribution in [0.15, 0.2) is 57.8 Å². The van der Waals surface area contributed by atoms with Gasteiger partial charge in [0.25, 0.3) is 5.89 Å². The third-order valence-electron chi connectivity index (χ3n) is 5.09. The highest BCUT2D eigenvalue weighted by Crippen LogP contribution is 2.32. The number of aromatic nitrogens is 2. The minimum atomic E-state index is -3.73. The molecule has 2 heterocycles. The van der Waals surface area contributed by atoms with E-state index >= 15 is 0 Å². The van der Waals surface area contributed by atoms with Crippen molar-refractivity contribution in [2.24, 2.45) is 0 Å². The zero-order chi connectivity index (χ0) is 22.0. The van der Waals surface area contributed by atoms with Crippen molar-refractivity contribution in [3.8, 4) is 11.5 Å². The van der Waals surface area contributed by atoms with E-state index in [-0.39, 0.29) is 34.7 Å². The summed E-state index contributed by atoms with van der Waals surface area (Å²) in [6.45, 7) is 1.95. The minimum absolute atomic E-state index is 0.0710. The molecule has 1 aromatic heterocycles. The second kappa shape index (κ2) is 8.56. The molecule has 1 amide bonds. The number of carbonyl (C=O) groups excluding carboxylic acids is 1. The van der Waals surface area contributed by atoms with Crippen LogP contribution >= 0.6 is 0 Å². The number of anilines is 1. The van der Waals surface area contributed by atoms with Crippen LogP contribution in [0.5, 0.6) is 0 Å². The lowest BCUT2D eigenvalue weighted by molar-refractivity contribution is -0.114. The topological polar surface area (TPSA) is 105 Å². The van der Waals surface area contributed by atoms with Crippen LogP contribution in [0.4, 0.5) is 10.1 Å². The molecule has 0 radical (unpaired) electrons. The Balaban J connectivity index is 1.52. The van der Waals surface area contributed by atoms with Crippen molar-refractivity contribution in [1.29, 1.82) is 0 Å². The van der Waals surface area contributed by atoms with E-state index < -0.39 is 15.8 Å². The lowest BCUT2D eigenvalue weighted by Crippen LogP contribution is -2.39. The molecule has 1 N–H and O–H groups in total. The van der Waals surface area contributed by atoms with Crippen LogP contribution in [-0.2, 0) is 14.8 Å². The fraction of sp³-hybridized carbons (Fsp3) is 0.286. The molecule has 1 fully saturated rings. The molecule has 0 spiro atoms. The molecule has 0 saturated carbocycles. The van der Waals surface area contributed by atoms with Gasteiger partial charge in [0.1, 0.15) is 5.82 Å². The van der Waals surface area contributed by atoms with Crippen LogP contribution in [-0.4, -0.2) is 41.9 Å². The van der Waals surface area contributed by atoms with Crippen molar-refractivity contribution in [2.75, 3.05) is 18.4 Å². The number of amides is 1. The summed E-state index contributed by atoms with van der Waals surface area (Å²) in [6, 6.07) is 12.1. The van der Waals surface area contributed by atoms with Gasteiger partial charge in [-0.1, -0.05) is 12.1 Å². The molecular weight excluding hydrogens is 423 g/mol. The number of hydrogen-bond donors (Lipinski definition) is 1. The molecule has 1 unspecified atom stereocenters. The smallest absolute Gasteiger partial charge is 0.250 e. The number of benzene rings is 2. The fourth-order valence-electron chi connectivity index (χ4n) is 3.57. The summed E-state index contributed by atoms with van der Waals surface area (Å²) in [4.78, 5) is 11.3. The number of piperidine rings is 1. The van der Waals surface area contributed by atoms with Crippen LogP contribution < -0.4 is 5.32 Å². The molecule has 10 heteroatoms. The normalized spacial score (nSPS) is 17.4. The first-order valence-corrected chi connectivity index (χ1v) is 11.2. The maximum absolute atomic E-state index is 14.0. The van der Waals surface area contributed by atoms with Crippen molar-refractivity contribution in [1.82, 2.24) is 14.5 Å². The number of nitrogens with one attached hydrogen (secondary N) is 1. The first-order chi connectivity index (χ1) is 14.8. The number of sulfonamides is 1. The van der Waals surface area contributed by atoms with Gasteiger partial charge < -0.3 is 9.73 Å². The molecule has 0 bridgehead atoms. The van der Waals surface area contributed by atoms with Crippen LogP contribution in [0.3, 0.4) is 0 Å². The van der Waals surface area contributed by atoms with Crippen LogP contribution in [0.2, 0.25) is 0 Å². The summed E-state index contributed by atoms with van der Waals surface area (Å²) in [5.74, 6) is -0.618. The zero-order valence-corrected chi connectivity index (χ0v) is 17.6. The Kier molecular flexibility index (Phi) is 5.84. The van der Waals surface area contributed by atoms with Gasteiger partial charge in [0.2, 0.25) is 21.8 Å². The second-order valence-electron chi connectivity index (χ2n) is 7.33. The summed E-state index contributed by atoms with van der Waals surface area (Å²) in [7, 11) is -3.73. The Bertz CT molecular complexity index is 1190. The Morgan fingerprint density at radius 2 is 1.90 bits per heavy atom. The summed E-state index contributed by atoms with van der Waals surface area (Å²) in [5.41, 5.74) is 0.732. The van der Waals surface area contributed by atoms with Crippen molar-refractivity contribution >= 4 is 21.6 Å². The van der Waals surface area contributed by atoms with Crippen LogP contribution in [0.25, 0.3) is 11.5 Å². The third-order valence-corrected chi connectivity index (χ3v) is 6.97. The molecule has 8 nitrogen and oxygen atoms in total. The molecule has 1 aliphatic rings. The molecule has 2 aromatic carbocycles. The van der Waals surface area contributed by atoms with Crippen molar-refractivity contribution in [3.05, 3.63) is 60.2 Å². The fourth-order valence-corrected chi connectivity index (χ4v) is 5.09. The standard InChI is InChI=1S/C21H21FN4O4S/c1-14(27)23-16-8-10-17(11-9-16)31(28,29)26-12-4-5-15(13-26)20-24-25-21(30-20)18-6-2-3-7-19(18)22/h2-3,6-11,15H,4-5,12-13H2,1H3,(H,23,27). The van der Waals surface area contributed by atoms with E-state index in [1.165, 1.54) is 29.4 Å². The first kappa shape index (κ1) is 21.1. The van der Waals surface area contributed by atoms with E-state index in [0.717, 1.165) is 0 Å². The van der Waals surface area contributed by atoms with E-state index in [1.807, 2.05) is 0 Å². The van der Waals surface area contributed by atoms with Gasteiger partial charge in [-0.3, -0.25) is 4.79 Å². The van der Waals surface area contributed by atoms with E-state index in [4.69, 9.17) is 4.42 Å². The molecular formula is C21H21FN4O4S. The van der Waals surface area contributed by atoms with Crippen molar-refractivity contribution in [2.45, 2.75) is 30.6 Å². The molecule has 4 rings (SSSR count). The molecule has 0 aliphatic carbocycles. The number of carbonyl (C=O) groups is 1. The lowest BCUT2D eigenvalue weighted by atomic mass is 10.00. The number of hydrogen-bond acceptors (Lipinski definition) is 6. The molecule has 1 atom stereocenters. The highest BCUT2D eigenvalue weighted by molar-refractivity contribution is 7.89. The predicted octanol–water partition coefficient (Wildman–Crippen LogP) is 3.40. The summed E-state index contributed by atoms with van der Waals surface area (Å²) < 4.78 is 47.3. The Morgan fingerprint density at radius 3 is 2.61 bits per heavy atom. The quantitative estimate of drug-likeness (QED) is 0.647. The van der Waals surface area contributed by atoms with E-state index in [2.05, 4.69) is 15.5 Å². The average Bonchev–Trinajstić information content (AvgIpc) is 3.24. The average molecular weight is 444 g/mol. The maximum Gasteiger partial charge on any atom is 0.250 e. The van der Waals surface area contributed by atoms with Gasteiger partial charge in [0.05, 0.1) is 16.4 Å². The van der Waals surface area contributed by atoms with E-state index in [0.29, 0.717) is 31.0 Å².